The van der Waals surface area contributed by atoms with E-state index in [1.54, 1.807) is 11.3 Å². The van der Waals surface area contributed by atoms with E-state index in [0.717, 1.165) is 25.7 Å². The first kappa shape index (κ1) is 13.6. The van der Waals surface area contributed by atoms with Crippen molar-refractivity contribution in [2.45, 2.75) is 50.4 Å². The van der Waals surface area contributed by atoms with Gasteiger partial charge in [0.05, 0.1) is 0 Å². The van der Waals surface area contributed by atoms with Crippen LogP contribution in [0.4, 0.5) is 0 Å². The van der Waals surface area contributed by atoms with Crippen LogP contribution in [0, 0.1) is 0 Å². The molecule has 2 atom stereocenters. The molecule has 1 aromatic rings. The summed E-state index contributed by atoms with van der Waals surface area (Å²) in [5, 5.41) is 4.41. The van der Waals surface area contributed by atoms with E-state index in [9.17, 15) is 0 Å². The van der Waals surface area contributed by atoms with E-state index >= 15 is 0 Å². The van der Waals surface area contributed by atoms with Gasteiger partial charge in [0, 0.05) is 37.3 Å². The monoisotopic (exact) mass is 279 g/mol. The lowest BCUT2D eigenvalue weighted by Gasteiger charge is -2.38. The van der Waals surface area contributed by atoms with Crippen molar-refractivity contribution < 1.29 is 0 Å². The molecule has 0 aromatic carbocycles. The maximum Gasteiger partial charge on any atom is 0.0473 e. The highest BCUT2D eigenvalue weighted by Crippen LogP contribution is 2.39. The maximum absolute atomic E-state index is 6.18. The Labute approximate surface area is 120 Å². The molecule has 0 spiro atoms. The van der Waals surface area contributed by atoms with Crippen LogP contribution in [0.15, 0.2) is 16.8 Å². The molecule has 1 aliphatic heterocycles. The zero-order valence-electron chi connectivity index (χ0n) is 12.0. The van der Waals surface area contributed by atoms with E-state index in [4.69, 9.17) is 5.73 Å². The van der Waals surface area contributed by atoms with Crippen LogP contribution >= 0.6 is 11.3 Å². The number of nitrogens with zero attached hydrogens (tertiary/aromatic N) is 2. The Morgan fingerprint density at radius 3 is 2.89 bits per heavy atom. The van der Waals surface area contributed by atoms with Crippen LogP contribution in [-0.2, 0) is 6.54 Å². The van der Waals surface area contributed by atoms with Crippen molar-refractivity contribution in [3.05, 3.63) is 22.4 Å². The molecule has 2 heterocycles. The van der Waals surface area contributed by atoms with Gasteiger partial charge in [-0.2, -0.15) is 11.3 Å². The molecule has 1 saturated carbocycles. The summed E-state index contributed by atoms with van der Waals surface area (Å²) in [5.74, 6) is 0. The Kier molecular flexibility index (Phi) is 3.69. The van der Waals surface area contributed by atoms with Crippen LogP contribution in [0.2, 0.25) is 0 Å². The Hall–Kier alpha value is -0.420. The standard InChI is InChI=1S/C15H25N3S/c1-12-7-15(10-16,11-18(12)14-3-4-14)17(2)8-13-5-6-19-9-13/h5-6,9,12,14H,3-4,7-8,10-11,16H2,1-2H3. The smallest absolute Gasteiger partial charge is 0.0473 e. The molecule has 106 valence electrons. The molecule has 2 aliphatic rings. The molecule has 4 heteroatoms. The van der Waals surface area contributed by atoms with Crippen LogP contribution in [-0.4, -0.2) is 47.6 Å². The number of nitrogens with two attached hydrogens (primary N) is 1. The number of hydrogen-bond acceptors (Lipinski definition) is 4. The van der Waals surface area contributed by atoms with Gasteiger partial charge in [0.15, 0.2) is 0 Å². The third-order valence-electron chi connectivity index (χ3n) is 4.92. The molecule has 2 unspecified atom stereocenters. The lowest BCUT2D eigenvalue weighted by molar-refractivity contribution is 0.120. The van der Waals surface area contributed by atoms with Crippen molar-refractivity contribution in [2.75, 3.05) is 20.1 Å². The minimum atomic E-state index is 0.171. The van der Waals surface area contributed by atoms with E-state index in [-0.39, 0.29) is 5.54 Å². The number of rotatable bonds is 5. The molecular weight excluding hydrogens is 254 g/mol. The summed E-state index contributed by atoms with van der Waals surface area (Å²) < 4.78 is 0. The Morgan fingerprint density at radius 2 is 2.32 bits per heavy atom. The average Bonchev–Trinajstić information content (AvgIpc) is 3.00. The average molecular weight is 279 g/mol. The molecule has 1 aliphatic carbocycles. The molecule has 0 radical (unpaired) electrons. The fraction of sp³-hybridized carbons (Fsp3) is 0.733. The van der Waals surface area contributed by atoms with Crippen LogP contribution in [0.25, 0.3) is 0 Å². The summed E-state index contributed by atoms with van der Waals surface area (Å²) in [4.78, 5) is 5.19. The highest BCUT2D eigenvalue weighted by atomic mass is 32.1. The van der Waals surface area contributed by atoms with Crippen molar-refractivity contribution in [1.29, 1.82) is 0 Å². The van der Waals surface area contributed by atoms with E-state index in [1.165, 1.54) is 24.8 Å². The van der Waals surface area contributed by atoms with Crippen LogP contribution in [0.1, 0.15) is 31.7 Å². The van der Waals surface area contributed by atoms with Gasteiger partial charge in [-0.15, -0.1) is 0 Å². The molecule has 3 rings (SSSR count). The molecule has 2 fully saturated rings. The van der Waals surface area contributed by atoms with Gasteiger partial charge in [0.25, 0.3) is 0 Å². The second kappa shape index (κ2) is 5.17. The van der Waals surface area contributed by atoms with Gasteiger partial charge in [-0.3, -0.25) is 9.80 Å². The molecule has 0 bridgehead atoms. The topological polar surface area (TPSA) is 32.5 Å². The van der Waals surface area contributed by atoms with E-state index in [2.05, 4.69) is 40.6 Å². The van der Waals surface area contributed by atoms with E-state index in [1.807, 2.05) is 0 Å². The first-order valence-electron chi connectivity index (χ1n) is 7.33. The molecular formula is C15H25N3S. The number of likely N-dealkylation sites (tertiary alicyclic amines) is 1. The van der Waals surface area contributed by atoms with E-state index < -0.39 is 0 Å². The Morgan fingerprint density at radius 1 is 1.53 bits per heavy atom. The first-order chi connectivity index (χ1) is 9.14. The largest absolute Gasteiger partial charge is 0.329 e. The quantitative estimate of drug-likeness (QED) is 0.896. The van der Waals surface area contributed by atoms with Gasteiger partial charge in [0.1, 0.15) is 0 Å². The summed E-state index contributed by atoms with van der Waals surface area (Å²) in [6.07, 6.45) is 3.99. The zero-order valence-corrected chi connectivity index (χ0v) is 12.8. The zero-order chi connectivity index (χ0) is 13.5. The predicted molar refractivity (Wildman–Crippen MR) is 81.4 cm³/mol. The second-order valence-electron chi connectivity index (χ2n) is 6.37. The highest BCUT2D eigenvalue weighted by molar-refractivity contribution is 7.07. The molecule has 3 nitrogen and oxygen atoms in total. The summed E-state index contributed by atoms with van der Waals surface area (Å²) in [7, 11) is 2.24. The van der Waals surface area contributed by atoms with Gasteiger partial charge >= 0.3 is 0 Å². The summed E-state index contributed by atoms with van der Waals surface area (Å²) in [6, 6.07) is 3.75. The van der Waals surface area contributed by atoms with Crippen molar-refractivity contribution in [1.82, 2.24) is 9.80 Å². The van der Waals surface area contributed by atoms with Crippen LogP contribution in [0.5, 0.6) is 0 Å². The molecule has 0 amide bonds. The lowest BCUT2D eigenvalue weighted by atomic mass is 9.94. The fourth-order valence-electron chi connectivity index (χ4n) is 3.53. The third kappa shape index (κ3) is 2.59. The minimum absolute atomic E-state index is 0.171. The molecule has 1 saturated heterocycles. The number of likely N-dealkylation sites (N-methyl/N-ethyl adjacent to an activating group) is 1. The maximum atomic E-state index is 6.18. The number of thiophene rings is 1. The third-order valence-corrected chi connectivity index (χ3v) is 5.66. The van der Waals surface area contributed by atoms with Gasteiger partial charge in [-0.05, 0) is 55.6 Å². The number of hydrogen-bond donors (Lipinski definition) is 1. The van der Waals surface area contributed by atoms with Gasteiger partial charge in [0.2, 0.25) is 0 Å². The summed E-state index contributed by atoms with van der Waals surface area (Å²) >= 11 is 1.78. The SMILES string of the molecule is CC1CC(CN)(N(C)Cc2ccsc2)CN1C1CC1. The van der Waals surface area contributed by atoms with Gasteiger partial charge in [-0.1, -0.05) is 0 Å². The first-order valence-corrected chi connectivity index (χ1v) is 8.27. The summed E-state index contributed by atoms with van der Waals surface area (Å²) in [5.41, 5.74) is 7.76. The lowest BCUT2D eigenvalue weighted by Crippen LogP contribution is -2.53. The molecule has 2 N–H and O–H groups in total. The summed E-state index contributed by atoms with van der Waals surface area (Å²) in [6.45, 7) is 5.30. The van der Waals surface area contributed by atoms with Crippen molar-refractivity contribution in [3.63, 3.8) is 0 Å². The van der Waals surface area contributed by atoms with Crippen LogP contribution < -0.4 is 5.73 Å². The molecule has 19 heavy (non-hydrogen) atoms. The van der Waals surface area contributed by atoms with E-state index in [0.29, 0.717) is 6.04 Å². The van der Waals surface area contributed by atoms with Gasteiger partial charge in [-0.25, -0.2) is 0 Å². The Balaban J connectivity index is 1.72. The van der Waals surface area contributed by atoms with Gasteiger partial charge < -0.3 is 5.73 Å². The molecule has 1 aromatic heterocycles. The van der Waals surface area contributed by atoms with Crippen molar-refractivity contribution in [2.24, 2.45) is 5.73 Å². The normalized spacial score (nSPS) is 32.3. The minimum Gasteiger partial charge on any atom is -0.329 e. The predicted octanol–water partition coefficient (Wildman–Crippen LogP) is 2.13. The fourth-order valence-corrected chi connectivity index (χ4v) is 4.19. The van der Waals surface area contributed by atoms with Crippen molar-refractivity contribution >= 4 is 11.3 Å². The van der Waals surface area contributed by atoms with Crippen LogP contribution in [0.3, 0.4) is 0 Å². The Bertz CT molecular complexity index is 415. The highest BCUT2D eigenvalue weighted by Gasteiger charge is 2.48. The second-order valence-corrected chi connectivity index (χ2v) is 7.15. The van der Waals surface area contributed by atoms with Crippen molar-refractivity contribution in [3.8, 4) is 0 Å².